The van der Waals surface area contributed by atoms with E-state index in [1.54, 1.807) is 24.3 Å². The van der Waals surface area contributed by atoms with E-state index in [1.807, 2.05) is 0 Å². The second-order valence-corrected chi connectivity index (χ2v) is 7.89. The average Bonchev–Trinajstić information content (AvgIpc) is 3.05. The Morgan fingerprint density at radius 2 is 1.75 bits per heavy atom. The Hall–Kier alpha value is -3.35. The van der Waals surface area contributed by atoms with Crippen LogP contribution in [0.15, 0.2) is 72.3 Å². The van der Waals surface area contributed by atoms with Gasteiger partial charge in [-0.25, -0.2) is 4.39 Å². The molecular weight excluding hydrogens is 456 g/mol. The first-order valence-electron chi connectivity index (χ1n) is 9.47. The van der Waals surface area contributed by atoms with Crippen LogP contribution < -0.4 is 9.64 Å². The number of amides is 1. The van der Waals surface area contributed by atoms with Crippen molar-refractivity contribution < 1.29 is 23.8 Å². The number of aliphatic hydroxyl groups excluding tert-OH is 1. The highest BCUT2D eigenvalue weighted by Crippen LogP contribution is 2.43. The number of carbonyl (C=O) groups excluding carboxylic acids is 2. The second kappa shape index (κ2) is 8.65. The summed E-state index contributed by atoms with van der Waals surface area (Å²) in [5.41, 5.74) is 0.786. The zero-order valence-electron chi connectivity index (χ0n) is 16.7. The van der Waals surface area contributed by atoms with Gasteiger partial charge < -0.3 is 9.84 Å². The SMILES string of the molecule is COc1cc(/C(O)=C2\C(=O)C(=O)N(c3cccc(F)c3)C2c2ccc(Cl)cc2)ccc1Cl. The molecule has 5 nitrogen and oxygen atoms in total. The summed E-state index contributed by atoms with van der Waals surface area (Å²) in [4.78, 5) is 27.3. The number of ketones is 1. The number of Topliss-reactive ketones (excluding diaryl/α,β-unsaturated/α-hetero) is 1. The molecule has 162 valence electrons. The Kier molecular flexibility index (Phi) is 5.91. The number of hydrogen-bond donors (Lipinski definition) is 1. The molecule has 1 atom stereocenters. The molecule has 0 aromatic heterocycles. The van der Waals surface area contributed by atoms with Gasteiger partial charge >= 0.3 is 0 Å². The van der Waals surface area contributed by atoms with Crippen LogP contribution in [0.2, 0.25) is 10.0 Å². The van der Waals surface area contributed by atoms with Crippen molar-refractivity contribution >= 4 is 46.3 Å². The van der Waals surface area contributed by atoms with Crippen LogP contribution in [0.4, 0.5) is 10.1 Å². The molecule has 1 aliphatic rings. The fourth-order valence-electron chi connectivity index (χ4n) is 3.65. The van der Waals surface area contributed by atoms with Crippen molar-refractivity contribution in [3.8, 4) is 5.75 Å². The third-order valence-electron chi connectivity index (χ3n) is 5.14. The summed E-state index contributed by atoms with van der Waals surface area (Å²) in [6.07, 6.45) is 0. The normalized spacial score (nSPS) is 17.6. The molecular formula is C24H16Cl2FNO4. The number of ether oxygens (including phenoxy) is 1. The Morgan fingerprint density at radius 1 is 1.03 bits per heavy atom. The highest BCUT2D eigenvalue weighted by Gasteiger charge is 2.47. The van der Waals surface area contributed by atoms with Gasteiger partial charge in [0.05, 0.1) is 23.7 Å². The smallest absolute Gasteiger partial charge is 0.300 e. The quantitative estimate of drug-likeness (QED) is 0.298. The first-order chi connectivity index (χ1) is 15.3. The van der Waals surface area contributed by atoms with Crippen molar-refractivity contribution in [2.24, 2.45) is 0 Å². The number of rotatable bonds is 4. The molecule has 0 bridgehead atoms. The topological polar surface area (TPSA) is 66.8 Å². The third kappa shape index (κ3) is 3.83. The van der Waals surface area contributed by atoms with Crippen molar-refractivity contribution in [2.75, 3.05) is 12.0 Å². The average molecular weight is 472 g/mol. The largest absolute Gasteiger partial charge is 0.507 e. The molecule has 1 fully saturated rings. The molecule has 0 spiro atoms. The van der Waals surface area contributed by atoms with Crippen LogP contribution in [0.3, 0.4) is 0 Å². The van der Waals surface area contributed by atoms with Crippen LogP contribution >= 0.6 is 23.2 Å². The highest BCUT2D eigenvalue weighted by atomic mass is 35.5. The maximum atomic E-state index is 13.9. The maximum absolute atomic E-state index is 13.9. The molecule has 3 aromatic rings. The summed E-state index contributed by atoms with van der Waals surface area (Å²) in [5, 5.41) is 11.9. The van der Waals surface area contributed by atoms with Crippen molar-refractivity contribution in [2.45, 2.75) is 6.04 Å². The Morgan fingerprint density at radius 3 is 2.41 bits per heavy atom. The number of hydrogen-bond acceptors (Lipinski definition) is 4. The first kappa shape index (κ1) is 21.9. The van der Waals surface area contributed by atoms with Gasteiger partial charge in [-0.2, -0.15) is 0 Å². The minimum absolute atomic E-state index is 0.147. The monoisotopic (exact) mass is 471 g/mol. The predicted molar refractivity (Wildman–Crippen MR) is 121 cm³/mol. The number of methoxy groups -OCH3 is 1. The standard InChI is InChI=1S/C24H16Cl2FNO4/c1-32-19-11-14(7-10-18(19)26)22(29)20-21(13-5-8-15(25)9-6-13)28(24(31)23(20)30)17-4-2-3-16(27)12-17/h2-12,21,29H,1H3/b22-20+. The minimum Gasteiger partial charge on any atom is -0.507 e. The third-order valence-corrected chi connectivity index (χ3v) is 5.71. The van der Waals surface area contributed by atoms with Crippen LogP contribution in [0.5, 0.6) is 5.75 Å². The summed E-state index contributed by atoms with van der Waals surface area (Å²) in [5.74, 6) is -2.48. The highest BCUT2D eigenvalue weighted by molar-refractivity contribution is 6.51. The van der Waals surface area contributed by atoms with E-state index in [2.05, 4.69) is 0 Å². The lowest BCUT2D eigenvalue weighted by Crippen LogP contribution is -2.29. The molecule has 1 saturated heterocycles. The van der Waals surface area contributed by atoms with Crippen molar-refractivity contribution in [3.05, 3.63) is 99.3 Å². The lowest BCUT2D eigenvalue weighted by molar-refractivity contribution is -0.132. The lowest BCUT2D eigenvalue weighted by Gasteiger charge is -2.25. The Labute approximate surface area is 193 Å². The number of anilines is 1. The first-order valence-corrected chi connectivity index (χ1v) is 10.2. The van der Waals surface area contributed by atoms with Gasteiger partial charge in [0.15, 0.2) is 0 Å². The van der Waals surface area contributed by atoms with Gasteiger partial charge in [0.25, 0.3) is 11.7 Å². The molecule has 0 radical (unpaired) electrons. The van der Waals surface area contributed by atoms with E-state index in [-0.39, 0.29) is 22.6 Å². The molecule has 0 aliphatic carbocycles. The summed E-state index contributed by atoms with van der Waals surface area (Å²) in [6, 6.07) is 15.3. The van der Waals surface area contributed by atoms with Crippen LogP contribution in [0.1, 0.15) is 17.2 Å². The van der Waals surface area contributed by atoms with Crippen LogP contribution in [0, 0.1) is 5.82 Å². The van der Waals surface area contributed by atoms with E-state index in [0.29, 0.717) is 15.6 Å². The van der Waals surface area contributed by atoms with E-state index in [1.165, 1.54) is 43.5 Å². The molecule has 0 saturated carbocycles. The van der Waals surface area contributed by atoms with Crippen molar-refractivity contribution in [1.82, 2.24) is 0 Å². The van der Waals surface area contributed by atoms with Gasteiger partial charge in [-0.05, 0) is 54.1 Å². The second-order valence-electron chi connectivity index (χ2n) is 7.05. The van der Waals surface area contributed by atoms with Gasteiger partial charge in [0, 0.05) is 16.3 Å². The summed E-state index contributed by atoms with van der Waals surface area (Å²) < 4.78 is 19.1. The predicted octanol–water partition coefficient (Wildman–Crippen LogP) is 5.77. The van der Waals surface area contributed by atoms with Gasteiger partial charge in [-0.3, -0.25) is 14.5 Å². The van der Waals surface area contributed by atoms with Gasteiger partial charge in [-0.15, -0.1) is 0 Å². The van der Waals surface area contributed by atoms with E-state index in [0.717, 1.165) is 11.0 Å². The summed E-state index contributed by atoms with van der Waals surface area (Å²) in [6.45, 7) is 0. The van der Waals surface area contributed by atoms with Gasteiger partial charge in [0.2, 0.25) is 0 Å². The zero-order chi connectivity index (χ0) is 23.0. The zero-order valence-corrected chi connectivity index (χ0v) is 18.2. The number of nitrogens with zero attached hydrogens (tertiary/aromatic N) is 1. The molecule has 32 heavy (non-hydrogen) atoms. The fraction of sp³-hybridized carbons (Fsp3) is 0.0833. The molecule has 1 heterocycles. The Bertz CT molecular complexity index is 1260. The minimum atomic E-state index is -1.00. The van der Waals surface area contributed by atoms with E-state index in [4.69, 9.17) is 27.9 Å². The van der Waals surface area contributed by atoms with E-state index < -0.39 is 29.3 Å². The molecule has 4 rings (SSSR count). The van der Waals surface area contributed by atoms with E-state index >= 15 is 0 Å². The van der Waals surface area contributed by atoms with Crippen molar-refractivity contribution in [3.63, 3.8) is 0 Å². The van der Waals surface area contributed by atoms with E-state index in [9.17, 15) is 19.1 Å². The van der Waals surface area contributed by atoms with Gasteiger partial charge in [0.1, 0.15) is 17.3 Å². The molecule has 8 heteroatoms. The molecule has 1 unspecified atom stereocenters. The maximum Gasteiger partial charge on any atom is 0.300 e. The number of benzene rings is 3. The molecule has 1 amide bonds. The van der Waals surface area contributed by atoms with Crippen LogP contribution in [-0.4, -0.2) is 23.9 Å². The number of carbonyl (C=O) groups is 2. The number of halogens is 3. The number of aliphatic hydroxyl groups is 1. The molecule has 3 aromatic carbocycles. The van der Waals surface area contributed by atoms with Crippen LogP contribution in [-0.2, 0) is 9.59 Å². The molecule has 1 N–H and O–H groups in total. The van der Waals surface area contributed by atoms with Gasteiger partial charge in [-0.1, -0.05) is 41.4 Å². The summed E-state index contributed by atoms with van der Waals surface area (Å²) in [7, 11) is 1.42. The van der Waals surface area contributed by atoms with Crippen molar-refractivity contribution in [1.29, 1.82) is 0 Å². The summed E-state index contributed by atoms with van der Waals surface area (Å²) >= 11 is 12.1. The molecule has 1 aliphatic heterocycles. The fourth-order valence-corrected chi connectivity index (χ4v) is 3.97. The lowest BCUT2D eigenvalue weighted by atomic mass is 9.95. The Balaban J connectivity index is 1.95. The van der Waals surface area contributed by atoms with Crippen LogP contribution in [0.25, 0.3) is 5.76 Å².